The summed E-state index contributed by atoms with van der Waals surface area (Å²) in [6.07, 6.45) is 1.29. The molecule has 4 amide bonds. The molecule has 1 fully saturated rings. The van der Waals surface area contributed by atoms with Crippen molar-refractivity contribution in [1.82, 2.24) is 10.2 Å². The maximum atomic E-state index is 12.4. The van der Waals surface area contributed by atoms with Crippen molar-refractivity contribution in [3.63, 3.8) is 0 Å². The SMILES string of the molecule is CC1(CN2C(=O)c3ccccc3C2=O)CCCC(=O)NC1=O. The summed E-state index contributed by atoms with van der Waals surface area (Å²) >= 11 is 0. The van der Waals surface area contributed by atoms with Crippen molar-refractivity contribution in [2.24, 2.45) is 5.41 Å². The molecule has 1 saturated heterocycles. The van der Waals surface area contributed by atoms with Crippen LogP contribution in [-0.2, 0) is 9.59 Å². The average molecular weight is 300 g/mol. The van der Waals surface area contributed by atoms with Crippen LogP contribution in [0.15, 0.2) is 24.3 Å². The summed E-state index contributed by atoms with van der Waals surface area (Å²) in [5, 5.41) is 2.33. The highest BCUT2D eigenvalue weighted by Gasteiger charge is 2.44. The summed E-state index contributed by atoms with van der Waals surface area (Å²) < 4.78 is 0. The van der Waals surface area contributed by atoms with E-state index in [2.05, 4.69) is 5.32 Å². The van der Waals surface area contributed by atoms with E-state index >= 15 is 0 Å². The van der Waals surface area contributed by atoms with Crippen molar-refractivity contribution in [3.05, 3.63) is 35.4 Å². The predicted octanol–water partition coefficient (Wildman–Crippen LogP) is 1.12. The topological polar surface area (TPSA) is 83.6 Å². The van der Waals surface area contributed by atoms with E-state index in [0.29, 0.717) is 24.0 Å². The third-order valence-electron chi connectivity index (χ3n) is 4.32. The number of fused-ring (bicyclic) bond motifs is 1. The largest absolute Gasteiger partial charge is 0.296 e. The number of rotatable bonds is 2. The van der Waals surface area contributed by atoms with Crippen molar-refractivity contribution in [3.8, 4) is 0 Å². The normalized spacial score (nSPS) is 25.0. The first-order chi connectivity index (χ1) is 10.4. The number of hydrogen-bond acceptors (Lipinski definition) is 4. The van der Waals surface area contributed by atoms with Gasteiger partial charge >= 0.3 is 0 Å². The Labute approximate surface area is 127 Å². The molecular weight excluding hydrogens is 284 g/mol. The molecule has 114 valence electrons. The molecule has 1 unspecified atom stereocenters. The van der Waals surface area contributed by atoms with Gasteiger partial charge in [0, 0.05) is 13.0 Å². The third kappa shape index (κ3) is 2.20. The highest BCUT2D eigenvalue weighted by molar-refractivity contribution is 6.21. The molecule has 22 heavy (non-hydrogen) atoms. The lowest BCUT2D eigenvalue weighted by Gasteiger charge is -2.29. The molecule has 0 aliphatic carbocycles. The molecule has 2 aliphatic rings. The van der Waals surface area contributed by atoms with E-state index in [1.807, 2.05) is 0 Å². The number of nitrogens with one attached hydrogen (secondary N) is 1. The molecule has 2 aliphatic heterocycles. The molecule has 6 nitrogen and oxygen atoms in total. The zero-order valence-corrected chi connectivity index (χ0v) is 12.2. The van der Waals surface area contributed by atoms with Crippen LogP contribution in [0, 0.1) is 5.41 Å². The lowest BCUT2D eigenvalue weighted by atomic mass is 9.84. The van der Waals surface area contributed by atoms with Gasteiger partial charge in [0.1, 0.15) is 0 Å². The fourth-order valence-corrected chi connectivity index (χ4v) is 2.98. The van der Waals surface area contributed by atoms with Crippen LogP contribution in [0.25, 0.3) is 0 Å². The van der Waals surface area contributed by atoms with Gasteiger partial charge in [-0.25, -0.2) is 0 Å². The minimum atomic E-state index is -0.945. The van der Waals surface area contributed by atoms with E-state index in [1.54, 1.807) is 31.2 Å². The van der Waals surface area contributed by atoms with Crippen LogP contribution < -0.4 is 5.32 Å². The summed E-state index contributed by atoms with van der Waals surface area (Å²) in [7, 11) is 0. The van der Waals surface area contributed by atoms with Crippen LogP contribution in [0.3, 0.4) is 0 Å². The van der Waals surface area contributed by atoms with Crippen LogP contribution in [0.2, 0.25) is 0 Å². The summed E-state index contributed by atoms with van der Waals surface area (Å²) in [5.41, 5.74) is -0.220. The molecule has 0 radical (unpaired) electrons. The monoisotopic (exact) mass is 300 g/mol. The van der Waals surface area contributed by atoms with Crippen molar-refractivity contribution in [2.45, 2.75) is 26.2 Å². The van der Waals surface area contributed by atoms with E-state index in [0.717, 1.165) is 4.90 Å². The number of amides is 4. The Hall–Kier alpha value is -2.50. The molecule has 0 spiro atoms. The lowest BCUT2D eigenvalue weighted by Crippen LogP contribution is -2.48. The van der Waals surface area contributed by atoms with E-state index in [1.165, 1.54) is 0 Å². The van der Waals surface area contributed by atoms with Gasteiger partial charge in [0.25, 0.3) is 11.8 Å². The molecule has 0 saturated carbocycles. The van der Waals surface area contributed by atoms with Gasteiger partial charge in [-0.1, -0.05) is 12.1 Å². The molecule has 1 aromatic carbocycles. The molecule has 1 aromatic rings. The second-order valence-corrected chi connectivity index (χ2v) is 6.03. The smallest absolute Gasteiger partial charge is 0.261 e. The number of carbonyl (C=O) groups is 4. The molecule has 6 heteroatoms. The maximum absolute atomic E-state index is 12.4. The first-order valence-electron chi connectivity index (χ1n) is 7.22. The molecule has 1 atom stereocenters. The highest BCUT2D eigenvalue weighted by Crippen LogP contribution is 2.32. The minimum absolute atomic E-state index is 0.0154. The van der Waals surface area contributed by atoms with Gasteiger partial charge in [-0.05, 0) is 31.9 Å². The average Bonchev–Trinajstić information content (AvgIpc) is 2.64. The molecule has 1 N–H and O–H groups in total. The van der Waals surface area contributed by atoms with Gasteiger partial charge in [0.05, 0.1) is 16.5 Å². The van der Waals surface area contributed by atoms with Gasteiger partial charge in [-0.3, -0.25) is 29.4 Å². The Morgan fingerprint density at radius 1 is 1.09 bits per heavy atom. The zero-order valence-electron chi connectivity index (χ0n) is 12.2. The molecule has 0 bridgehead atoms. The molecular formula is C16H16N2O4. The van der Waals surface area contributed by atoms with Gasteiger partial charge in [-0.2, -0.15) is 0 Å². The van der Waals surface area contributed by atoms with Crippen LogP contribution in [-0.4, -0.2) is 35.1 Å². The highest BCUT2D eigenvalue weighted by atomic mass is 16.2. The van der Waals surface area contributed by atoms with Gasteiger partial charge < -0.3 is 0 Å². The van der Waals surface area contributed by atoms with Crippen molar-refractivity contribution in [2.75, 3.05) is 6.54 Å². The number of imide groups is 2. The second kappa shape index (κ2) is 5.05. The first kappa shape index (κ1) is 14.4. The summed E-state index contributed by atoms with van der Waals surface area (Å²) in [6, 6.07) is 6.61. The fraction of sp³-hybridized carbons (Fsp3) is 0.375. The van der Waals surface area contributed by atoms with Crippen molar-refractivity contribution >= 4 is 23.6 Å². The Balaban J connectivity index is 1.87. The van der Waals surface area contributed by atoms with Crippen molar-refractivity contribution < 1.29 is 19.2 Å². The van der Waals surface area contributed by atoms with Gasteiger partial charge in [-0.15, -0.1) is 0 Å². The zero-order chi connectivity index (χ0) is 15.9. The quantitative estimate of drug-likeness (QED) is 0.829. The van der Waals surface area contributed by atoms with Crippen LogP contribution in [0.1, 0.15) is 46.9 Å². The van der Waals surface area contributed by atoms with Crippen molar-refractivity contribution in [1.29, 1.82) is 0 Å². The molecule has 2 heterocycles. The van der Waals surface area contributed by atoms with E-state index in [9.17, 15) is 19.2 Å². The Morgan fingerprint density at radius 3 is 2.27 bits per heavy atom. The van der Waals surface area contributed by atoms with Crippen LogP contribution in [0.5, 0.6) is 0 Å². The van der Waals surface area contributed by atoms with Crippen LogP contribution >= 0.6 is 0 Å². The minimum Gasteiger partial charge on any atom is -0.296 e. The second-order valence-electron chi connectivity index (χ2n) is 6.03. The molecule has 3 rings (SSSR count). The summed E-state index contributed by atoms with van der Waals surface area (Å²) in [4.78, 5) is 49.6. The predicted molar refractivity (Wildman–Crippen MR) is 76.9 cm³/mol. The number of benzene rings is 1. The third-order valence-corrected chi connectivity index (χ3v) is 4.32. The van der Waals surface area contributed by atoms with E-state index < -0.39 is 11.3 Å². The fourth-order valence-electron chi connectivity index (χ4n) is 2.98. The lowest BCUT2D eigenvalue weighted by molar-refractivity contribution is -0.135. The Kier molecular flexibility index (Phi) is 3.31. The number of carbonyl (C=O) groups excluding carboxylic acids is 4. The number of hydrogen-bond donors (Lipinski definition) is 1. The summed E-state index contributed by atoms with van der Waals surface area (Å²) in [6.45, 7) is 1.67. The van der Waals surface area contributed by atoms with Crippen LogP contribution in [0.4, 0.5) is 0 Å². The standard InChI is InChI=1S/C16H16N2O4/c1-16(8-4-7-12(19)17-15(16)22)9-18-13(20)10-5-2-3-6-11(10)14(18)21/h2-3,5-6H,4,7-9H2,1H3,(H,17,19,22). The summed E-state index contributed by atoms with van der Waals surface area (Å²) in [5.74, 6) is -1.50. The number of nitrogens with zero attached hydrogens (tertiary/aromatic N) is 1. The van der Waals surface area contributed by atoms with E-state index in [-0.39, 0.29) is 30.7 Å². The Bertz CT molecular complexity index is 662. The first-order valence-corrected chi connectivity index (χ1v) is 7.22. The van der Waals surface area contributed by atoms with E-state index in [4.69, 9.17) is 0 Å². The Morgan fingerprint density at radius 2 is 1.68 bits per heavy atom. The molecule has 0 aromatic heterocycles. The maximum Gasteiger partial charge on any atom is 0.261 e. The van der Waals surface area contributed by atoms with Gasteiger partial charge in [0.2, 0.25) is 11.8 Å². The van der Waals surface area contributed by atoms with Gasteiger partial charge in [0.15, 0.2) is 0 Å².